The van der Waals surface area contributed by atoms with Crippen molar-refractivity contribution in [3.05, 3.63) is 58.9 Å². The van der Waals surface area contributed by atoms with Crippen LogP contribution in [0.4, 0.5) is 23.2 Å². The lowest BCUT2D eigenvalue weighted by molar-refractivity contribution is -0.137. The molecule has 0 amide bonds. The molecule has 9 heteroatoms. The normalized spacial score (nSPS) is 12.2. The fourth-order valence-corrected chi connectivity index (χ4v) is 4.09. The third kappa shape index (κ3) is 3.64. The van der Waals surface area contributed by atoms with E-state index in [2.05, 4.69) is 0 Å². The van der Waals surface area contributed by atoms with Crippen LogP contribution in [-0.2, 0) is 16.2 Å². The van der Waals surface area contributed by atoms with Gasteiger partial charge in [-0.25, -0.2) is 12.8 Å². The number of hydrogen-bond donors (Lipinski definition) is 0. The van der Waals surface area contributed by atoms with Crippen molar-refractivity contribution in [2.24, 2.45) is 0 Å². The number of anilines is 1. The van der Waals surface area contributed by atoms with Crippen molar-refractivity contribution in [2.45, 2.75) is 18.0 Å². The van der Waals surface area contributed by atoms with Gasteiger partial charge in [0.1, 0.15) is 10.7 Å². The number of rotatable bonds is 4. The maximum absolute atomic E-state index is 13.4. The van der Waals surface area contributed by atoms with Crippen LogP contribution >= 0.6 is 11.6 Å². The molecule has 0 heterocycles. The van der Waals surface area contributed by atoms with Crippen LogP contribution in [0, 0.1) is 5.82 Å². The fourth-order valence-electron chi connectivity index (χ4n) is 2.12. The highest BCUT2D eigenvalue weighted by Gasteiger charge is 2.34. The van der Waals surface area contributed by atoms with Gasteiger partial charge in [0.25, 0.3) is 10.0 Å². The van der Waals surface area contributed by atoms with Crippen molar-refractivity contribution in [3.8, 4) is 0 Å². The minimum atomic E-state index is -4.72. The zero-order valence-corrected chi connectivity index (χ0v) is 13.9. The summed E-state index contributed by atoms with van der Waals surface area (Å²) >= 11 is 5.80. The number of alkyl halides is 3. The minimum absolute atomic E-state index is 0.00835. The SMILES string of the molecule is CCN(c1cccc(F)c1)S(=O)(=O)c1cc(C(F)(F)F)ccc1Cl. The molecule has 24 heavy (non-hydrogen) atoms. The highest BCUT2D eigenvalue weighted by Crippen LogP contribution is 2.35. The summed E-state index contributed by atoms with van der Waals surface area (Å²) < 4.78 is 78.1. The molecule has 2 aromatic rings. The summed E-state index contributed by atoms with van der Waals surface area (Å²) in [6.07, 6.45) is -4.72. The maximum Gasteiger partial charge on any atom is 0.416 e. The quantitative estimate of drug-likeness (QED) is 0.719. The lowest BCUT2D eigenvalue weighted by Crippen LogP contribution is -2.31. The lowest BCUT2D eigenvalue weighted by Gasteiger charge is -2.24. The summed E-state index contributed by atoms with van der Waals surface area (Å²) in [5.74, 6) is -0.670. The Morgan fingerprint density at radius 1 is 1.12 bits per heavy atom. The predicted octanol–water partition coefficient (Wildman–Crippen LogP) is 4.71. The molecule has 0 saturated heterocycles. The van der Waals surface area contributed by atoms with E-state index in [1.807, 2.05) is 0 Å². The Balaban J connectivity index is 2.60. The Bertz CT molecular complexity index is 853. The summed E-state index contributed by atoms with van der Waals surface area (Å²) in [5, 5.41) is -0.349. The van der Waals surface area contributed by atoms with E-state index in [0.29, 0.717) is 12.1 Å². The van der Waals surface area contributed by atoms with Crippen LogP contribution in [0.15, 0.2) is 47.4 Å². The van der Waals surface area contributed by atoms with E-state index < -0.39 is 32.5 Å². The molecule has 0 radical (unpaired) electrons. The molecule has 0 fully saturated rings. The van der Waals surface area contributed by atoms with Crippen LogP contribution in [-0.4, -0.2) is 15.0 Å². The van der Waals surface area contributed by atoms with Gasteiger partial charge in [-0.1, -0.05) is 17.7 Å². The molecule has 0 aliphatic carbocycles. The van der Waals surface area contributed by atoms with Crippen molar-refractivity contribution < 1.29 is 26.0 Å². The van der Waals surface area contributed by atoms with Gasteiger partial charge in [-0.05, 0) is 43.3 Å². The molecule has 2 rings (SSSR count). The molecule has 0 aliphatic rings. The van der Waals surface area contributed by atoms with E-state index >= 15 is 0 Å². The summed E-state index contributed by atoms with van der Waals surface area (Å²) in [5.41, 5.74) is -1.15. The Morgan fingerprint density at radius 2 is 1.79 bits per heavy atom. The van der Waals surface area contributed by atoms with Gasteiger partial charge in [-0.2, -0.15) is 13.2 Å². The van der Waals surface area contributed by atoms with E-state index in [1.165, 1.54) is 19.1 Å². The van der Waals surface area contributed by atoms with E-state index in [9.17, 15) is 26.0 Å². The fraction of sp³-hybridized carbons (Fsp3) is 0.200. The molecule has 0 saturated carbocycles. The molecular weight excluding hydrogens is 370 g/mol. The third-order valence-electron chi connectivity index (χ3n) is 3.21. The van der Waals surface area contributed by atoms with Gasteiger partial charge in [0, 0.05) is 6.54 Å². The van der Waals surface area contributed by atoms with Crippen LogP contribution in [0.1, 0.15) is 12.5 Å². The van der Waals surface area contributed by atoms with Gasteiger partial charge >= 0.3 is 6.18 Å². The molecule has 0 N–H and O–H groups in total. The smallest absolute Gasteiger partial charge is 0.266 e. The summed E-state index contributed by atoms with van der Waals surface area (Å²) in [6.45, 7) is 1.36. The molecular formula is C15H12ClF4NO2S. The van der Waals surface area contributed by atoms with Gasteiger partial charge in [-0.15, -0.1) is 0 Å². The molecule has 0 unspecified atom stereocenters. The van der Waals surface area contributed by atoms with Crippen molar-refractivity contribution in [1.29, 1.82) is 0 Å². The second-order valence-electron chi connectivity index (χ2n) is 4.79. The van der Waals surface area contributed by atoms with E-state index in [1.54, 1.807) is 0 Å². The first-order chi connectivity index (χ1) is 11.1. The lowest BCUT2D eigenvalue weighted by atomic mass is 10.2. The monoisotopic (exact) mass is 381 g/mol. The van der Waals surface area contributed by atoms with E-state index in [-0.39, 0.29) is 17.3 Å². The first-order valence-electron chi connectivity index (χ1n) is 6.72. The van der Waals surface area contributed by atoms with Crippen LogP contribution in [0.5, 0.6) is 0 Å². The molecule has 0 atom stereocenters. The highest BCUT2D eigenvalue weighted by atomic mass is 35.5. The van der Waals surface area contributed by atoms with Crippen molar-refractivity contribution in [2.75, 3.05) is 10.8 Å². The average Bonchev–Trinajstić information content (AvgIpc) is 2.46. The van der Waals surface area contributed by atoms with Crippen molar-refractivity contribution in [3.63, 3.8) is 0 Å². The van der Waals surface area contributed by atoms with Crippen molar-refractivity contribution in [1.82, 2.24) is 0 Å². The molecule has 0 aliphatic heterocycles. The van der Waals surface area contributed by atoms with Gasteiger partial charge < -0.3 is 0 Å². The summed E-state index contributed by atoms with van der Waals surface area (Å²) in [6, 6.07) is 6.78. The number of sulfonamides is 1. The van der Waals surface area contributed by atoms with Gasteiger partial charge in [0.05, 0.1) is 16.3 Å². The number of hydrogen-bond acceptors (Lipinski definition) is 2. The van der Waals surface area contributed by atoms with E-state index in [0.717, 1.165) is 22.5 Å². The first-order valence-corrected chi connectivity index (χ1v) is 8.54. The summed E-state index contributed by atoms with van der Waals surface area (Å²) in [7, 11) is -4.40. The van der Waals surface area contributed by atoms with Gasteiger partial charge in [0.2, 0.25) is 0 Å². The second kappa shape index (κ2) is 6.60. The van der Waals surface area contributed by atoms with Gasteiger partial charge in [0.15, 0.2) is 0 Å². The largest absolute Gasteiger partial charge is 0.416 e. The summed E-state index contributed by atoms with van der Waals surface area (Å²) in [4.78, 5) is -0.690. The standard InChI is InChI=1S/C15H12ClF4NO2S/c1-2-21(12-5-3-4-11(17)9-12)24(22,23)14-8-10(15(18,19)20)6-7-13(14)16/h3-9H,2H2,1H3. The highest BCUT2D eigenvalue weighted by molar-refractivity contribution is 7.93. The van der Waals surface area contributed by atoms with Crippen LogP contribution in [0.2, 0.25) is 5.02 Å². The van der Waals surface area contributed by atoms with Crippen molar-refractivity contribution >= 4 is 27.3 Å². The Hall–Kier alpha value is -1.80. The van der Waals surface area contributed by atoms with E-state index in [4.69, 9.17) is 11.6 Å². The molecule has 0 spiro atoms. The predicted molar refractivity (Wildman–Crippen MR) is 83.1 cm³/mol. The van der Waals surface area contributed by atoms with Gasteiger partial charge in [-0.3, -0.25) is 4.31 Å². The molecule has 0 bridgehead atoms. The first kappa shape index (κ1) is 18.5. The molecule has 0 aromatic heterocycles. The molecule has 130 valence electrons. The molecule has 2 aromatic carbocycles. The number of benzene rings is 2. The van der Waals surface area contributed by atoms with Crippen LogP contribution in [0.25, 0.3) is 0 Å². The zero-order valence-electron chi connectivity index (χ0n) is 12.3. The number of nitrogens with zero attached hydrogens (tertiary/aromatic N) is 1. The molecule has 3 nitrogen and oxygen atoms in total. The number of halogens is 5. The average molecular weight is 382 g/mol. The van der Waals surface area contributed by atoms with Crippen LogP contribution < -0.4 is 4.31 Å². The second-order valence-corrected chi connectivity index (χ2v) is 7.03. The third-order valence-corrected chi connectivity index (χ3v) is 5.59. The maximum atomic E-state index is 13.4. The minimum Gasteiger partial charge on any atom is -0.266 e. The zero-order chi connectivity index (χ0) is 18.1. The van der Waals surface area contributed by atoms with Crippen LogP contribution in [0.3, 0.4) is 0 Å². The Labute approximate surface area is 141 Å². The topological polar surface area (TPSA) is 37.4 Å². The Kier molecular flexibility index (Phi) is 5.10. The Morgan fingerprint density at radius 3 is 2.33 bits per heavy atom.